The average Bonchev–Trinajstić information content (AvgIpc) is 2.27. The van der Waals surface area contributed by atoms with Crippen molar-refractivity contribution in [2.45, 2.75) is 18.9 Å². The first kappa shape index (κ1) is 12.6. The summed E-state index contributed by atoms with van der Waals surface area (Å²) in [6, 6.07) is 1.16. The van der Waals surface area contributed by atoms with Gasteiger partial charge in [0.1, 0.15) is 11.6 Å². The molecule has 0 amide bonds. The van der Waals surface area contributed by atoms with Gasteiger partial charge in [0, 0.05) is 6.20 Å². The average molecular weight is 269 g/mol. The smallest absolute Gasteiger partial charge is 0.295 e. The number of rotatable bonds is 1. The molecule has 0 bridgehead atoms. The number of sulfone groups is 1. The molecule has 0 aromatic carbocycles. The third-order valence-electron chi connectivity index (χ3n) is 2.92. The second-order valence-electron chi connectivity index (χ2n) is 4.23. The molecule has 1 fully saturated rings. The van der Waals surface area contributed by atoms with E-state index in [0.717, 1.165) is 10.8 Å². The molecule has 1 aromatic rings. The van der Waals surface area contributed by atoms with Crippen molar-refractivity contribution in [2.75, 3.05) is 11.5 Å². The Bertz CT molecular complexity index is 723. The van der Waals surface area contributed by atoms with Crippen LogP contribution < -0.4 is 11.2 Å². The van der Waals surface area contributed by atoms with E-state index in [9.17, 15) is 18.0 Å². The van der Waals surface area contributed by atoms with Crippen LogP contribution in [0.1, 0.15) is 24.4 Å². The van der Waals surface area contributed by atoms with Gasteiger partial charge in [-0.15, -0.1) is 0 Å². The number of aromatic amines is 1. The number of hydrogen-bond donors (Lipinski definition) is 1. The summed E-state index contributed by atoms with van der Waals surface area (Å²) in [7, 11) is -3.16. The quantitative estimate of drug-likeness (QED) is 0.714. The lowest BCUT2D eigenvalue weighted by Gasteiger charge is -2.23. The Morgan fingerprint density at radius 2 is 2.17 bits per heavy atom. The van der Waals surface area contributed by atoms with Crippen LogP contribution in [0.5, 0.6) is 0 Å². The molecular formula is C10H11N3O4S. The molecule has 8 heteroatoms. The monoisotopic (exact) mass is 269 g/mol. The molecule has 0 aliphatic carbocycles. The van der Waals surface area contributed by atoms with Crippen LogP contribution in [0.25, 0.3) is 0 Å². The van der Waals surface area contributed by atoms with Crippen molar-refractivity contribution in [3.8, 4) is 6.07 Å². The molecule has 0 radical (unpaired) electrons. The molecule has 1 N–H and O–H groups in total. The first-order valence-corrected chi connectivity index (χ1v) is 7.21. The summed E-state index contributed by atoms with van der Waals surface area (Å²) in [6.07, 6.45) is 2.14. The molecule has 1 aliphatic heterocycles. The van der Waals surface area contributed by atoms with Crippen molar-refractivity contribution < 1.29 is 8.42 Å². The summed E-state index contributed by atoms with van der Waals surface area (Å²) < 4.78 is 24.2. The number of hydrogen-bond acceptors (Lipinski definition) is 5. The van der Waals surface area contributed by atoms with E-state index in [1.165, 1.54) is 0 Å². The maximum atomic E-state index is 11.6. The Labute approximate surface area is 103 Å². The zero-order chi connectivity index (χ0) is 13.3. The third kappa shape index (κ3) is 2.36. The van der Waals surface area contributed by atoms with Crippen molar-refractivity contribution in [2.24, 2.45) is 0 Å². The van der Waals surface area contributed by atoms with Gasteiger partial charge >= 0.3 is 5.69 Å². The van der Waals surface area contributed by atoms with Gasteiger partial charge in [-0.2, -0.15) is 5.26 Å². The van der Waals surface area contributed by atoms with E-state index >= 15 is 0 Å². The van der Waals surface area contributed by atoms with Crippen molar-refractivity contribution in [1.29, 1.82) is 5.26 Å². The van der Waals surface area contributed by atoms with E-state index in [1.807, 2.05) is 4.98 Å². The Morgan fingerprint density at radius 1 is 1.44 bits per heavy atom. The van der Waals surface area contributed by atoms with Crippen LogP contribution in [0.3, 0.4) is 0 Å². The lowest BCUT2D eigenvalue weighted by molar-refractivity contribution is 0.452. The van der Waals surface area contributed by atoms with Crippen molar-refractivity contribution in [3.63, 3.8) is 0 Å². The molecule has 1 unspecified atom stereocenters. The van der Waals surface area contributed by atoms with Crippen LogP contribution in [-0.4, -0.2) is 29.5 Å². The summed E-state index contributed by atoms with van der Waals surface area (Å²) >= 11 is 0. The van der Waals surface area contributed by atoms with E-state index in [1.54, 1.807) is 6.07 Å². The lowest BCUT2D eigenvalue weighted by Crippen LogP contribution is -2.38. The summed E-state index contributed by atoms with van der Waals surface area (Å²) in [4.78, 5) is 24.9. The molecule has 0 saturated carbocycles. The van der Waals surface area contributed by atoms with E-state index in [0.29, 0.717) is 12.8 Å². The first-order chi connectivity index (χ1) is 8.43. The van der Waals surface area contributed by atoms with Crippen molar-refractivity contribution in [3.05, 3.63) is 32.6 Å². The van der Waals surface area contributed by atoms with Crippen LogP contribution in [0.4, 0.5) is 0 Å². The third-order valence-corrected chi connectivity index (χ3v) is 4.72. The molecule has 2 rings (SSSR count). The fourth-order valence-corrected chi connectivity index (χ4v) is 3.74. The second kappa shape index (κ2) is 4.42. The standard InChI is InChI=1S/C10H11N3O4S/c11-4-7-5-13(10(15)12-9(7)14)8-2-1-3-18(16,17)6-8/h5,8H,1-3,6H2,(H,12,14,15). The summed E-state index contributed by atoms with van der Waals surface area (Å²) in [5.41, 5.74) is -1.63. The predicted octanol–water partition coefficient (Wildman–Crippen LogP) is -0.842. The largest absolute Gasteiger partial charge is 0.328 e. The minimum absolute atomic E-state index is 0.118. The van der Waals surface area contributed by atoms with Crippen LogP contribution in [0.15, 0.2) is 15.8 Å². The molecule has 1 saturated heterocycles. The van der Waals surface area contributed by atoms with Crippen LogP contribution in [0, 0.1) is 11.3 Å². The molecule has 1 aliphatic rings. The summed E-state index contributed by atoms with van der Waals surface area (Å²) in [5.74, 6) is -0.0173. The molecule has 96 valence electrons. The number of nitrogens with zero attached hydrogens (tertiary/aromatic N) is 2. The second-order valence-corrected chi connectivity index (χ2v) is 6.46. The normalized spacial score (nSPS) is 22.3. The predicted molar refractivity (Wildman–Crippen MR) is 63.0 cm³/mol. The maximum Gasteiger partial charge on any atom is 0.328 e. The fraction of sp³-hybridized carbons (Fsp3) is 0.500. The van der Waals surface area contributed by atoms with E-state index < -0.39 is 27.1 Å². The van der Waals surface area contributed by atoms with Gasteiger partial charge in [-0.1, -0.05) is 0 Å². The van der Waals surface area contributed by atoms with Gasteiger partial charge in [-0.3, -0.25) is 14.3 Å². The highest BCUT2D eigenvalue weighted by molar-refractivity contribution is 7.91. The molecule has 1 atom stereocenters. The topological polar surface area (TPSA) is 113 Å². The number of H-pyrrole nitrogens is 1. The summed E-state index contributed by atoms with van der Waals surface area (Å²) in [5, 5.41) is 8.73. The molecule has 1 aromatic heterocycles. The minimum atomic E-state index is -3.16. The van der Waals surface area contributed by atoms with Gasteiger partial charge in [0.2, 0.25) is 0 Å². The highest BCUT2D eigenvalue weighted by Crippen LogP contribution is 2.21. The fourth-order valence-electron chi connectivity index (χ4n) is 2.05. The zero-order valence-corrected chi connectivity index (χ0v) is 10.2. The molecule has 0 spiro atoms. The first-order valence-electron chi connectivity index (χ1n) is 5.39. The molecule has 18 heavy (non-hydrogen) atoms. The summed E-state index contributed by atoms with van der Waals surface area (Å²) in [6.45, 7) is 0. The Kier molecular flexibility index (Phi) is 3.09. The van der Waals surface area contributed by atoms with Crippen LogP contribution in [-0.2, 0) is 9.84 Å². The zero-order valence-electron chi connectivity index (χ0n) is 9.42. The van der Waals surface area contributed by atoms with E-state index in [-0.39, 0.29) is 17.1 Å². The van der Waals surface area contributed by atoms with Crippen molar-refractivity contribution in [1.82, 2.24) is 9.55 Å². The molecule has 7 nitrogen and oxygen atoms in total. The highest BCUT2D eigenvalue weighted by atomic mass is 32.2. The van der Waals surface area contributed by atoms with Gasteiger partial charge in [0.05, 0.1) is 17.5 Å². The van der Waals surface area contributed by atoms with Gasteiger partial charge in [-0.25, -0.2) is 13.2 Å². The van der Waals surface area contributed by atoms with E-state index in [4.69, 9.17) is 5.26 Å². The Morgan fingerprint density at radius 3 is 2.78 bits per heavy atom. The minimum Gasteiger partial charge on any atom is -0.295 e. The number of nitrogens with one attached hydrogen (secondary N) is 1. The van der Waals surface area contributed by atoms with Crippen LogP contribution in [0.2, 0.25) is 0 Å². The van der Waals surface area contributed by atoms with E-state index in [2.05, 4.69) is 0 Å². The Hall–Kier alpha value is -1.88. The molecular weight excluding hydrogens is 258 g/mol. The number of nitriles is 1. The van der Waals surface area contributed by atoms with Gasteiger partial charge < -0.3 is 0 Å². The van der Waals surface area contributed by atoms with Crippen LogP contribution >= 0.6 is 0 Å². The van der Waals surface area contributed by atoms with Gasteiger partial charge in [-0.05, 0) is 12.8 Å². The van der Waals surface area contributed by atoms with Gasteiger partial charge in [0.15, 0.2) is 9.84 Å². The SMILES string of the molecule is N#Cc1cn(C2CCCS(=O)(=O)C2)c(=O)[nH]c1=O. The molecule has 2 heterocycles. The van der Waals surface area contributed by atoms with Gasteiger partial charge in [0.25, 0.3) is 5.56 Å². The number of aromatic nitrogens is 2. The highest BCUT2D eigenvalue weighted by Gasteiger charge is 2.27. The van der Waals surface area contributed by atoms with Crippen molar-refractivity contribution >= 4 is 9.84 Å². The maximum absolute atomic E-state index is 11.6. The Balaban J connectivity index is 2.49. The lowest BCUT2D eigenvalue weighted by atomic mass is 10.2.